The Balaban J connectivity index is 2.29. The van der Waals surface area contributed by atoms with Gasteiger partial charge in [0.25, 0.3) is 11.1 Å². The molecule has 0 aliphatic carbocycles. The zero-order valence-electron chi connectivity index (χ0n) is 11.1. The molecule has 0 aromatic carbocycles. The number of rotatable bonds is 4. The smallest absolute Gasteiger partial charge is 0.290 e. The Morgan fingerprint density at radius 1 is 1.42 bits per heavy atom. The third-order valence-corrected chi connectivity index (χ3v) is 3.87. The standard InChI is InChI=1S/C13H16N2O3S/c1-8-6-10(9(2)15(8)4-5-18-3)7-11-12(16)14-13(17)19-11/h6-7H,4-5H2,1-3H3,(H,14,16,17)/b11-7+. The topological polar surface area (TPSA) is 60.3 Å². The lowest BCUT2D eigenvalue weighted by Gasteiger charge is -2.08. The summed E-state index contributed by atoms with van der Waals surface area (Å²) in [6.07, 6.45) is 1.76. The summed E-state index contributed by atoms with van der Waals surface area (Å²) in [6.45, 7) is 5.42. The summed E-state index contributed by atoms with van der Waals surface area (Å²) in [5.41, 5.74) is 3.13. The van der Waals surface area contributed by atoms with Crippen LogP contribution in [0.3, 0.4) is 0 Å². The van der Waals surface area contributed by atoms with E-state index in [-0.39, 0.29) is 11.1 Å². The molecule has 0 unspecified atom stereocenters. The zero-order chi connectivity index (χ0) is 14.0. The minimum atomic E-state index is -0.323. The van der Waals surface area contributed by atoms with Gasteiger partial charge in [0, 0.05) is 25.0 Å². The molecule has 0 radical (unpaired) electrons. The number of carbonyl (C=O) groups is 2. The maximum atomic E-state index is 11.5. The average molecular weight is 280 g/mol. The number of carbonyl (C=O) groups excluding carboxylic acids is 2. The second-order valence-corrected chi connectivity index (χ2v) is 5.34. The second kappa shape index (κ2) is 5.63. The van der Waals surface area contributed by atoms with Crippen LogP contribution in [-0.4, -0.2) is 29.4 Å². The molecule has 19 heavy (non-hydrogen) atoms. The Morgan fingerprint density at radius 3 is 2.74 bits per heavy atom. The molecule has 0 saturated carbocycles. The summed E-state index contributed by atoms with van der Waals surface area (Å²) in [5.74, 6) is -0.323. The molecule has 1 fully saturated rings. The van der Waals surface area contributed by atoms with Crippen molar-refractivity contribution in [3.8, 4) is 0 Å². The Hall–Kier alpha value is -1.53. The maximum absolute atomic E-state index is 11.5. The van der Waals surface area contributed by atoms with Crippen molar-refractivity contribution in [2.45, 2.75) is 20.4 Å². The van der Waals surface area contributed by atoms with Gasteiger partial charge >= 0.3 is 0 Å². The number of aryl methyl sites for hydroxylation is 1. The normalized spacial score (nSPS) is 17.3. The number of aromatic nitrogens is 1. The summed E-state index contributed by atoms with van der Waals surface area (Å²) in [4.78, 5) is 23.1. The molecule has 0 atom stereocenters. The van der Waals surface area contributed by atoms with Gasteiger partial charge in [0.05, 0.1) is 11.5 Å². The molecule has 5 nitrogen and oxygen atoms in total. The Kier molecular flexibility index (Phi) is 4.11. The van der Waals surface area contributed by atoms with Crippen LogP contribution in [0.1, 0.15) is 17.0 Å². The van der Waals surface area contributed by atoms with Crippen molar-refractivity contribution in [1.82, 2.24) is 9.88 Å². The van der Waals surface area contributed by atoms with Crippen molar-refractivity contribution < 1.29 is 14.3 Å². The quantitative estimate of drug-likeness (QED) is 0.858. The van der Waals surface area contributed by atoms with E-state index >= 15 is 0 Å². The molecule has 1 aromatic heterocycles. The van der Waals surface area contributed by atoms with Crippen molar-refractivity contribution in [3.05, 3.63) is 27.9 Å². The van der Waals surface area contributed by atoms with E-state index in [1.165, 1.54) is 0 Å². The summed E-state index contributed by atoms with van der Waals surface area (Å²) in [6, 6.07) is 2.01. The van der Waals surface area contributed by atoms with Crippen molar-refractivity contribution in [1.29, 1.82) is 0 Å². The SMILES string of the molecule is COCCn1c(C)cc(/C=C2/SC(=O)NC2=O)c1C. The molecule has 2 rings (SSSR count). The maximum Gasteiger partial charge on any atom is 0.290 e. The van der Waals surface area contributed by atoms with E-state index in [4.69, 9.17) is 4.74 Å². The highest BCUT2D eigenvalue weighted by molar-refractivity contribution is 8.18. The van der Waals surface area contributed by atoms with Crippen LogP contribution in [-0.2, 0) is 16.1 Å². The first kappa shape index (κ1) is 13.9. The van der Waals surface area contributed by atoms with E-state index in [0.29, 0.717) is 11.5 Å². The first-order valence-corrected chi connectivity index (χ1v) is 6.75. The average Bonchev–Trinajstić information content (AvgIpc) is 2.79. The Labute approximate surface area is 116 Å². The molecule has 1 aliphatic heterocycles. The number of nitrogens with one attached hydrogen (secondary N) is 1. The van der Waals surface area contributed by atoms with Gasteiger partial charge in [-0.05, 0) is 43.3 Å². The van der Waals surface area contributed by atoms with Gasteiger partial charge in [0.2, 0.25) is 0 Å². The number of ether oxygens (including phenoxy) is 1. The predicted octanol–water partition coefficient (Wildman–Crippen LogP) is 2.08. The fourth-order valence-electron chi connectivity index (χ4n) is 2.06. The van der Waals surface area contributed by atoms with Gasteiger partial charge < -0.3 is 9.30 Å². The van der Waals surface area contributed by atoms with E-state index in [2.05, 4.69) is 9.88 Å². The lowest BCUT2D eigenvalue weighted by atomic mass is 10.2. The van der Waals surface area contributed by atoms with E-state index in [0.717, 1.165) is 35.3 Å². The van der Waals surface area contributed by atoms with E-state index in [1.807, 2.05) is 19.9 Å². The first-order chi connectivity index (χ1) is 9.02. The van der Waals surface area contributed by atoms with Crippen LogP contribution in [0.5, 0.6) is 0 Å². The highest BCUT2D eigenvalue weighted by Crippen LogP contribution is 2.27. The molecule has 1 N–H and O–H groups in total. The van der Waals surface area contributed by atoms with Crippen LogP contribution < -0.4 is 5.32 Å². The molecular formula is C13H16N2O3S. The van der Waals surface area contributed by atoms with Crippen LogP contribution >= 0.6 is 11.8 Å². The molecule has 2 amide bonds. The third-order valence-electron chi connectivity index (χ3n) is 3.06. The first-order valence-electron chi connectivity index (χ1n) is 5.93. The van der Waals surface area contributed by atoms with E-state index in [1.54, 1.807) is 13.2 Å². The van der Waals surface area contributed by atoms with E-state index in [9.17, 15) is 9.59 Å². The van der Waals surface area contributed by atoms with Crippen LogP contribution in [0, 0.1) is 13.8 Å². The van der Waals surface area contributed by atoms with Crippen molar-refractivity contribution >= 4 is 29.0 Å². The summed E-state index contributed by atoms with van der Waals surface area (Å²) >= 11 is 0.938. The molecule has 1 aliphatic rings. The fourth-order valence-corrected chi connectivity index (χ4v) is 2.74. The molecule has 0 spiro atoms. The van der Waals surface area contributed by atoms with Gasteiger partial charge in [-0.1, -0.05) is 0 Å². The van der Waals surface area contributed by atoms with Gasteiger partial charge in [-0.15, -0.1) is 0 Å². The minimum Gasteiger partial charge on any atom is -0.383 e. The number of nitrogens with zero attached hydrogens (tertiary/aromatic N) is 1. The highest BCUT2D eigenvalue weighted by Gasteiger charge is 2.25. The van der Waals surface area contributed by atoms with Crippen molar-refractivity contribution in [2.75, 3.05) is 13.7 Å². The summed E-state index contributed by atoms with van der Waals surface area (Å²) in [5, 5.41) is 1.94. The molecule has 102 valence electrons. The molecule has 0 bridgehead atoms. The fraction of sp³-hybridized carbons (Fsp3) is 0.385. The molecule has 1 saturated heterocycles. The van der Waals surface area contributed by atoms with Gasteiger partial charge in [-0.25, -0.2) is 0 Å². The van der Waals surface area contributed by atoms with Gasteiger partial charge in [-0.3, -0.25) is 14.9 Å². The van der Waals surface area contributed by atoms with Crippen LogP contribution in [0.2, 0.25) is 0 Å². The highest BCUT2D eigenvalue weighted by atomic mass is 32.2. The van der Waals surface area contributed by atoms with Crippen LogP contribution in [0.15, 0.2) is 11.0 Å². The lowest BCUT2D eigenvalue weighted by molar-refractivity contribution is -0.115. The number of imide groups is 1. The van der Waals surface area contributed by atoms with Crippen molar-refractivity contribution in [2.24, 2.45) is 0 Å². The Morgan fingerprint density at radius 2 is 2.16 bits per heavy atom. The number of thioether (sulfide) groups is 1. The zero-order valence-corrected chi connectivity index (χ0v) is 12.0. The molecule has 2 heterocycles. The molecule has 6 heteroatoms. The summed E-state index contributed by atoms with van der Waals surface area (Å²) < 4.78 is 7.21. The second-order valence-electron chi connectivity index (χ2n) is 4.32. The van der Waals surface area contributed by atoms with Gasteiger partial charge in [0.1, 0.15) is 0 Å². The predicted molar refractivity (Wildman–Crippen MR) is 74.9 cm³/mol. The summed E-state index contributed by atoms with van der Waals surface area (Å²) in [7, 11) is 1.67. The van der Waals surface area contributed by atoms with Crippen LogP contribution in [0.25, 0.3) is 6.08 Å². The monoisotopic (exact) mass is 280 g/mol. The van der Waals surface area contributed by atoms with Gasteiger partial charge in [0.15, 0.2) is 0 Å². The Bertz CT molecular complexity index is 560. The lowest BCUT2D eigenvalue weighted by Crippen LogP contribution is -2.17. The van der Waals surface area contributed by atoms with Crippen LogP contribution in [0.4, 0.5) is 4.79 Å². The molecule has 1 aromatic rings. The van der Waals surface area contributed by atoms with Crippen molar-refractivity contribution in [3.63, 3.8) is 0 Å². The third kappa shape index (κ3) is 2.90. The molecular weight excluding hydrogens is 264 g/mol. The van der Waals surface area contributed by atoms with E-state index < -0.39 is 0 Å². The number of hydrogen-bond acceptors (Lipinski definition) is 4. The minimum absolute atomic E-state index is 0.315. The largest absolute Gasteiger partial charge is 0.383 e. The number of hydrogen-bond donors (Lipinski definition) is 1. The number of methoxy groups -OCH3 is 1. The number of amides is 2. The van der Waals surface area contributed by atoms with Gasteiger partial charge in [-0.2, -0.15) is 0 Å².